The van der Waals surface area contributed by atoms with Gasteiger partial charge in [-0.2, -0.15) is 0 Å². The third-order valence-electron chi connectivity index (χ3n) is 10.4. The molecule has 0 aromatic heterocycles. The van der Waals surface area contributed by atoms with Crippen molar-refractivity contribution < 1.29 is 24.1 Å². The molecule has 2 bridgehead atoms. The number of nitrogens with zero attached hydrogens (tertiary/aromatic N) is 1. The molecule has 2 heterocycles. The first kappa shape index (κ1) is 33.9. The summed E-state index contributed by atoms with van der Waals surface area (Å²) in [6, 6.07) is 4.08. The van der Waals surface area contributed by atoms with Crippen molar-refractivity contribution in [2.24, 2.45) is 0 Å². The number of hydrogen-bond acceptors (Lipinski definition) is 6. The molecule has 1 saturated heterocycles. The maximum atomic E-state index is 13.0. The fraction of sp³-hybridized carbons (Fsp3) is 0.694. The molecule has 0 radical (unpaired) electrons. The lowest BCUT2D eigenvalue weighted by Gasteiger charge is -2.61. The number of likely N-dealkylation sites (N-methyl/N-ethyl adjacent to an activating group) is 1. The molecule has 7 heteroatoms. The smallest absolute Gasteiger partial charge is 0.310 e. The van der Waals surface area contributed by atoms with Gasteiger partial charge in [-0.1, -0.05) is 76.5 Å². The van der Waals surface area contributed by atoms with Crippen molar-refractivity contribution in [2.45, 2.75) is 139 Å². The predicted octanol–water partition coefficient (Wildman–Crippen LogP) is 7.98. The maximum Gasteiger partial charge on any atom is 0.310 e. The zero-order valence-electron chi connectivity index (χ0n) is 26.7. The lowest BCUT2D eigenvalue weighted by Crippen LogP contribution is -2.74. The van der Waals surface area contributed by atoms with Crippen LogP contribution in [0, 0.1) is 0 Å². The summed E-state index contributed by atoms with van der Waals surface area (Å²) in [6.45, 7) is 3.13. The van der Waals surface area contributed by atoms with Gasteiger partial charge in [0.15, 0.2) is 17.6 Å². The Labute approximate surface area is 265 Å². The van der Waals surface area contributed by atoms with Crippen LogP contribution < -0.4 is 9.47 Å². The minimum absolute atomic E-state index is 0. The van der Waals surface area contributed by atoms with Gasteiger partial charge in [0.05, 0.1) is 18.1 Å². The molecule has 1 N–H and O–H groups in total. The maximum absolute atomic E-state index is 13.0. The molecule has 5 rings (SSSR count). The summed E-state index contributed by atoms with van der Waals surface area (Å²) < 4.78 is 18.3. The van der Waals surface area contributed by atoms with Crippen molar-refractivity contribution >= 4 is 18.4 Å². The molecule has 1 spiro atoms. The number of esters is 1. The third kappa shape index (κ3) is 6.67. The molecule has 4 atom stereocenters. The lowest BCUT2D eigenvalue weighted by atomic mass is 9.50. The Bertz CT molecular complexity index is 1150. The summed E-state index contributed by atoms with van der Waals surface area (Å²) >= 11 is 0. The van der Waals surface area contributed by atoms with Gasteiger partial charge in [-0.25, -0.2) is 0 Å². The number of piperidine rings is 1. The quantitative estimate of drug-likeness (QED) is 0.109. The minimum Gasteiger partial charge on any atom is -0.493 e. The second-order valence-corrected chi connectivity index (χ2v) is 13.1. The first-order chi connectivity index (χ1) is 20.5. The Morgan fingerprint density at radius 2 is 1.72 bits per heavy atom. The van der Waals surface area contributed by atoms with Crippen LogP contribution in [0.2, 0.25) is 0 Å². The molecule has 1 fully saturated rings. The van der Waals surface area contributed by atoms with Gasteiger partial charge in [0.1, 0.15) is 5.76 Å². The Hall–Kier alpha value is -2.02. The first-order valence-electron chi connectivity index (χ1n) is 16.8. The monoisotopic (exact) mass is 615 g/mol. The second kappa shape index (κ2) is 15.3. The normalized spacial score (nSPS) is 26.8. The first-order valence-corrected chi connectivity index (χ1v) is 16.8. The Morgan fingerprint density at radius 1 is 1.05 bits per heavy atom. The van der Waals surface area contributed by atoms with Crippen molar-refractivity contribution in [3.05, 3.63) is 47.2 Å². The molecule has 2 aliphatic heterocycles. The number of unbranched alkanes of at least 4 members (excludes halogenated alkanes) is 11. The van der Waals surface area contributed by atoms with Gasteiger partial charge in [0.2, 0.25) is 0 Å². The summed E-state index contributed by atoms with van der Waals surface area (Å²) in [4.78, 5) is 15.3. The average Bonchev–Trinajstić information content (AvgIpc) is 3.34. The van der Waals surface area contributed by atoms with E-state index < -0.39 is 17.1 Å². The van der Waals surface area contributed by atoms with Crippen molar-refractivity contribution in [2.75, 3.05) is 20.7 Å². The van der Waals surface area contributed by atoms with Crippen molar-refractivity contribution in [3.8, 4) is 11.5 Å². The van der Waals surface area contributed by atoms with Crippen LogP contribution in [0.15, 0.2) is 36.1 Å². The van der Waals surface area contributed by atoms with E-state index in [1.165, 1.54) is 63.4 Å². The highest BCUT2D eigenvalue weighted by Gasteiger charge is 2.72. The number of aliphatic hydroxyl groups is 1. The van der Waals surface area contributed by atoms with E-state index in [-0.39, 0.29) is 24.4 Å². The summed E-state index contributed by atoms with van der Waals surface area (Å²) in [5, 5.41) is 12.3. The summed E-state index contributed by atoms with van der Waals surface area (Å²) in [5.74, 6) is 1.75. The third-order valence-corrected chi connectivity index (χ3v) is 10.4. The zero-order valence-corrected chi connectivity index (χ0v) is 27.5. The number of methoxy groups -OCH3 is 1. The van der Waals surface area contributed by atoms with E-state index in [1.54, 1.807) is 7.11 Å². The standard InChI is InChI=1S/C36H53NO5.ClH/c1-4-5-6-7-8-9-10-11-12-13-14-15-16-17-18-19-31(38)41-29-22-23-36(39)30-26-27-20-21-28(40-3)33-32(27)35(36,34(29)42-33)24-25-37(30)2;/h11-12,20-22,30,34,39H,4-10,13-19,23-26H2,1-3H3;1H/b12-11-;/t30-,34+,35+,36-;/m1./s1. The van der Waals surface area contributed by atoms with Gasteiger partial charge < -0.3 is 24.2 Å². The molecule has 6 nitrogen and oxygen atoms in total. The van der Waals surface area contributed by atoms with Crippen molar-refractivity contribution in [1.82, 2.24) is 4.90 Å². The van der Waals surface area contributed by atoms with Crippen LogP contribution in [0.4, 0.5) is 0 Å². The number of halogens is 1. The van der Waals surface area contributed by atoms with Crippen LogP contribution in [0.25, 0.3) is 0 Å². The van der Waals surface area contributed by atoms with E-state index in [9.17, 15) is 9.90 Å². The van der Waals surface area contributed by atoms with E-state index in [0.29, 0.717) is 30.1 Å². The Balaban J connectivity index is 0.00000423. The topological polar surface area (TPSA) is 68.2 Å². The molecular formula is C36H54ClNO5. The number of benzene rings is 1. The highest BCUT2D eigenvalue weighted by molar-refractivity contribution is 5.85. The van der Waals surface area contributed by atoms with Crippen LogP contribution in [0.3, 0.4) is 0 Å². The molecular weight excluding hydrogens is 562 g/mol. The van der Waals surface area contributed by atoms with E-state index in [2.05, 4.69) is 37.1 Å². The van der Waals surface area contributed by atoms with Gasteiger partial charge in [-0.3, -0.25) is 4.79 Å². The number of rotatable bonds is 17. The summed E-state index contributed by atoms with van der Waals surface area (Å²) in [7, 11) is 3.75. The summed E-state index contributed by atoms with van der Waals surface area (Å²) in [5.41, 5.74) is 0.664. The number of carbonyl (C=O) groups excluding carboxylic acids is 1. The minimum atomic E-state index is -0.978. The zero-order chi connectivity index (χ0) is 29.6. The fourth-order valence-electron chi connectivity index (χ4n) is 8.11. The number of carbonyl (C=O) groups is 1. The average molecular weight is 616 g/mol. The molecule has 43 heavy (non-hydrogen) atoms. The molecule has 240 valence electrons. The van der Waals surface area contributed by atoms with E-state index in [0.717, 1.165) is 50.6 Å². The Kier molecular flexibility index (Phi) is 12.1. The number of allylic oxidation sites excluding steroid dienone is 2. The number of ether oxygens (including phenoxy) is 3. The van der Waals surface area contributed by atoms with E-state index in [4.69, 9.17) is 14.2 Å². The van der Waals surface area contributed by atoms with E-state index in [1.807, 2.05) is 12.1 Å². The number of likely N-dealkylation sites (tertiary alicyclic amines) is 1. The molecule has 1 aromatic carbocycles. The van der Waals surface area contributed by atoms with Crippen LogP contribution >= 0.6 is 12.4 Å². The largest absolute Gasteiger partial charge is 0.493 e. The van der Waals surface area contributed by atoms with Gasteiger partial charge in [-0.15, -0.1) is 12.4 Å². The molecule has 4 aliphatic rings. The SMILES string of the molecule is CCCCCCCC/C=C\CCCCCCCC(=O)OC1=CC[C@@]2(O)[C@H]3Cc4ccc(OC)c5c4[C@@]2(CCN3C)[C@H]1O5.Cl. The Morgan fingerprint density at radius 3 is 2.42 bits per heavy atom. The van der Waals surface area contributed by atoms with Crippen molar-refractivity contribution in [3.63, 3.8) is 0 Å². The second-order valence-electron chi connectivity index (χ2n) is 13.1. The van der Waals surface area contributed by atoms with Crippen LogP contribution in [-0.4, -0.2) is 54.4 Å². The molecule has 0 unspecified atom stereocenters. The lowest BCUT2D eigenvalue weighted by molar-refractivity contribution is -0.169. The van der Waals surface area contributed by atoms with Gasteiger partial charge in [-0.05, 0) is 76.2 Å². The van der Waals surface area contributed by atoms with Crippen LogP contribution in [-0.2, 0) is 21.4 Å². The van der Waals surface area contributed by atoms with Gasteiger partial charge >= 0.3 is 5.97 Å². The highest BCUT2D eigenvalue weighted by atomic mass is 35.5. The molecule has 0 amide bonds. The van der Waals surface area contributed by atoms with Gasteiger partial charge in [0.25, 0.3) is 0 Å². The predicted molar refractivity (Wildman–Crippen MR) is 174 cm³/mol. The molecule has 0 saturated carbocycles. The number of hydrogen-bond donors (Lipinski definition) is 1. The van der Waals surface area contributed by atoms with Crippen LogP contribution in [0.5, 0.6) is 11.5 Å². The highest BCUT2D eigenvalue weighted by Crippen LogP contribution is 2.65. The fourth-order valence-corrected chi connectivity index (χ4v) is 8.11. The molecule has 1 aromatic rings. The van der Waals surface area contributed by atoms with Crippen LogP contribution in [0.1, 0.15) is 121 Å². The van der Waals surface area contributed by atoms with E-state index >= 15 is 0 Å². The molecule has 2 aliphatic carbocycles. The summed E-state index contributed by atoms with van der Waals surface area (Å²) in [6.07, 6.45) is 24.5. The van der Waals surface area contributed by atoms with Crippen molar-refractivity contribution in [1.29, 1.82) is 0 Å². The van der Waals surface area contributed by atoms with Gasteiger partial charge in [0, 0.05) is 24.4 Å².